The molecule has 1 amide bonds. The summed E-state index contributed by atoms with van der Waals surface area (Å²) in [5.74, 6) is 0.0195. The predicted octanol–water partition coefficient (Wildman–Crippen LogP) is 3.66. The molecule has 0 radical (unpaired) electrons. The molecule has 0 saturated carbocycles. The molecule has 0 fully saturated rings. The van der Waals surface area contributed by atoms with Crippen LogP contribution in [0.4, 0.5) is 0 Å². The van der Waals surface area contributed by atoms with E-state index in [1.165, 1.54) is 16.7 Å². The van der Waals surface area contributed by atoms with Gasteiger partial charge in [0.05, 0.1) is 6.04 Å². The van der Waals surface area contributed by atoms with E-state index >= 15 is 0 Å². The molecule has 122 valence electrons. The van der Waals surface area contributed by atoms with Gasteiger partial charge in [-0.2, -0.15) is 0 Å². The Hall–Kier alpha value is -2.13. The zero-order chi connectivity index (χ0) is 16.8. The van der Waals surface area contributed by atoms with Crippen LogP contribution in [0.2, 0.25) is 0 Å². The standard InChI is InChI=1S/C20H26N2O/c1-14-9-11-18(12-10-14)13-21-20(23)17(4)22-16(3)19-8-6-5-7-15(19)2/h5-12,16-17,22H,13H2,1-4H3,(H,21,23)/t16-,17+/m1/s1. The molecule has 2 N–H and O–H groups in total. The Morgan fingerprint density at radius 3 is 2.30 bits per heavy atom. The third-order valence-corrected chi connectivity index (χ3v) is 4.14. The maximum Gasteiger partial charge on any atom is 0.237 e. The Morgan fingerprint density at radius 2 is 1.65 bits per heavy atom. The second-order valence-corrected chi connectivity index (χ2v) is 6.17. The first kappa shape index (κ1) is 17.2. The van der Waals surface area contributed by atoms with Gasteiger partial charge in [-0.3, -0.25) is 10.1 Å². The third kappa shape index (κ3) is 4.93. The second kappa shape index (κ2) is 7.93. The van der Waals surface area contributed by atoms with E-state index < -0.39 is 0 Å². The number of aryl methyl sites for hydroxylation is 2. The van der Waals surface area contributed by atoms with Gasteiger partial charge in [-0.05, 0) is 44.4 Å². The molecular formula is C20H26N2O. The summed E-state index contributed by atoms with van der Waals surface area (Å²) in [6, 6.07) is 16.4. The van der Waals surface area contributed by atoms with Gasteiger partial charge in [-0.25, -0.2) is 0 Å². The van der Waals surface area contributed by atoms with Crippen LogP contribution >= 0.6 is 0 Å². The lowest BCUT2D eigenvalue weighted by Gasteiger charge is -2.21. The lowest BCUT2D eigenvalue weighted by Crippen LogP contribution is -2.42. The average molecular weight is 310 g/mol. The zero-order valence-electron chi connectivity index (χ0n) is 14.4. The molecule has 0 bridgehead atoms. The van der Waals surface area contributed by atoms with Crippen molar-refractivity contribution in [3.8, 4) is 0 Å². The summed E-state index contributed by atoms with van der Waals surface area (Å²) < 4.78 is 0. The largest absolute Gasteiger partial charge is 0.351 e. The van der Waals surface area contributed by atoms with Gasteiger partial charge in [0, 0.05) is 12.6 Å². The van der Waals surface area contributed by atoms with Crippen LogP contribution in [0.15, 0.2) is 48.5 Å². The van der Waals surface area contributed by atoms with Crippen LogP contribution < -0.4 is 10.6 Å². The highest BCUT2D eigenvalue weighted by molar-refractivity contribution is 5.81. The minimum atomic E-state index is -0.241. The van der Waals surface area contributed by atoms with Crippen LogP contribution in [0.3, 0.4) is 0 Å². The Kier molecular flexibility index (Phi) is 5.94. The molecule has 0 saturated heterocycles. The number of hydrogen-bond donors (Lipinski definition) is 2. The van der Waals surface area contributed by atoms with Crippen LogP contribution in [0, 0.1) is 13.8 Å². The van der Waals surface area contributed by atoms with E-state index in [1.807, 2.05) is 31.2 Å². The molecular weight excluding hydrogens is 284 g/mol. The normalized spacial score (nSPS) is 13.4. The monoisotopic (exact) mass is 310 g/mol. The van der Waals surface area contributed by atoms with Gasteiger partial charge in [0.1, 0.15) is 0 Å². The van der Waals surface area contributed by atoms with Gasteiger partial charge >= 0.3 is 0 Å². The van der Waals surface area contributed by atoms with E-state index in [1.54, 1.807) is 0 Å². The topological polar surface area (TPSA) is 41.1 Å². The highest BCUT2D eigenvalue weighted by atomic mass is 16.2. The quantitative estimate of drug-likeness (QED) is 0.855. The minimum Gasteiger partial charge on any atom is -0.351 e. The molecule has 0 aliphatic rings. The van der Waals surface area contributed by atoms with E-state index in [-0.39, 0.29) is 18.0 Å². The molecule has 2 aromatic carbocycles. The van der Waals surface area contributed by atoms with E-state index in [9.17, 15) is 4.79 Å². The lowest BCUT2D eigenvalue weighted by molar-refractivity contribution is -0.123. The summed E-state index contributed by atoms with van der Waals surface area (Å²) in [5.41, 5.74) is 4.80. The number of carbonyl (C=O) groups is 1. The average Bonchev–Trinajstić information content (AvgIpc) is 2.54. The fourth-order valence-corrected chi connectivity index (χ4v) is 2.66. The van der Waals surface area contributed by atoms with Gasteiger partial charge in [0.2, 0.25) is 5.91 Å². The number of nitrogens with one attached hydrogen (secondary N) is 2. The van der Waals surface area contributed by atoms with Crippen LogP contribution in [0.5, 0.6) is 0 Å². The smallest absolute Gasteiger partial charge is 0.237 e. The molecule has 0 unspecified atom stereocenters. The predicted molar refractivity (Wildman–Crippen MR) is 95.2 cm³/mol. The van der Waals surface area contributed by atoms with Crippen molar-refractivity contribution in [2.75, 3.05) is 0 Å². The van der Waals surface area contributed by atoms with Crippen LogP contribution in [0.25, 0.3) is 0 Å². The molecule has 2 aromatic rings. The van der Waals surface area contributed by atoms with Crippen molar-refractivity contribution in [3.63, 3.8) is 0 Å². The van der Waals surface area contributed by atoms with Gasteiger partial charge in [-0.15, -0.1) is 0 Å². The molecule has 3 nitrogen and oxygen atoms in total. The molecule has 0 spiro atoms. The summed E-state index contributed by atoms with van der Waals surface area (Å²) in [5, 5.41) is 6.36. The van der Waals surface area contributed by atoms with Crippen molar-refractivity contribution in [1.82, 2.24) is 10.6 Å². The molecule has 2 rings (SSSR count). The Labute approximate surface area is 139 Å². The number of carbonyl (C=O) groups excluding carboxylic acids is 1. The summed E-state index contributed by atoms with van der Waals surface area (Å²) in [6.45, 7) is 8.70. The van der Waals surface area contributed by atoms with E-state index in [2.05, 4.69) is 55.7 Å². The van der Waals surface area contributed by atoms with Crippen LogP contribution in [-0.2, 0) is 11.3 Å². The van der Waals surface area contributed by atoms with Crippen molar-refractivity contribution in [2.24, 2.45) is 0 Å². The van der Waals surface area contributed by atoms with Crippen LogP contribution in [-0.4, -0.2) is 11.9 Å². The SMILES string of the molecule is Cc1ccc(CNC(=O)[C@H](C)N[C@H](C)c2ccccc2C)cc1. The Bertz CT molecular complexity index is 649. The molecule has 0 aromatic heterocycles. The maximum atomic E-state index is 12.3. The third-order valence-electron chi connectivity index (χ3n) is 4.14. The van der Waals surface area contributed by atoms with Gasteiger partial charge in [0.25, 0.3) is 0 Å². The molecule has 3 heteroatoms. The lowest BCUT2D eigenvalue weighted by atomic mass is 10.0. The maximum absolute atomic E-state index is 12.3. The molecule has 0 aliphatic heterocycles. The van der Waals surface area contributed by atoms with Crippen molar-refractivity contribution < 1.29 is 4.79 Å². The summed E-state index contributed by atoms with van der Waals surface area (Å²) >= 11 is 0. The van der Waals surface area contributed by atoms with Crippen molar-refractivity contribution in [2.45, 2.75) is 46.3 Å². The van der Waals surface area contributed by atoms with E-state index in [0.717, 1.165) is 5.56 Å². The van der Waals surface area contributed by atoms with Crippen molar-refractivity contribution in [1.29, 1.82) is 0 Å². The first-order valence-corrected chi connectivity index (χ1v) is 8.12. The van der Waals surface area contributed by atoms with E-state index in [4.69, 9.17) is 0 Å². The minimum absolute atomic E-state index is 0.0195. The summed E-state index contributed by atoms with van der Waals surface area (Å²) in [4.78, 5) is 12.3. The highest BCUT2D eigenvalue weighted by Crippen LogP contribution is 2.17. The van der Waals surface area contributed by atoms with Crippen LogP contribution in [0.1, 0.15) is 42.1 Å². The fourth-order valence-electron chi connectivity index (χ4n) is 2.66. The number of rotatable bonds is 6. The fraction of sp³-hybridized carbons (Fsp3) is 0.350. The van der Waals surface area contributed by atoms with E-state index in [0.29, 0.717) is 6.54 Å². The first-order valence-electron chi connectivity index (χ1n) is 8.12. The summed E-state index contributed by atoms with van der Waals surface area (Å²) in [7, 11) is 0. The van der Waals surface area contributed by atoms with Gasteiger partial charge in [-0.1, -0.05) is 54.1 Å². The summed E-state index contributed by atoms with van der Waals surface area (Å²) in [6.07, 6.45) is 0. The van der Waals surface area contributed by atoms with Gasteiger partial charge in [0.15, 0.2) is 0 Å². The molecule has 23 heavy (non-hydrogen) atoms. The first-order chi connectivity index (χ1) is 11.0. The highest BCUT2D eigenvalue weighted by Gasteiger charge is 2.16. The van der Waals surface area contributed by atoms with Crippen molar-refractivity contribution >= 4 is 5.91 Å². The molecule has 0 heterocycles. The molecule has 0 aliphatic carbocycles. The Balaban J connectivity index is 1.87. The number of amides is 1. The molecule has 2 atom stereocenters. The number of hydrogen-bond acceptors (Lipinski definition) is 2. The second-order valence-electron chi connectivity index (χ2n) is 6.17. The van der Waals surface area contributed by atoms with Gasteiger partial charge < -0.3 is 5.32 Å². The number of benzene rings is 2. The van der Waals surface area contributed by atoms with Crippen molar-refractivity contribution in [3.05, 3.63) is 70.8 Å². The Morgan fingerprint density at radius 1 is 1.00 bits per heavy atom. The zero-order valence-corrected chi connectivity index (χ0v) is 14.4.